The number of thiazole rings is 1. The zero-order valence-electron chi connectivity index (χ0n) is 11.9. The fraction of sp³-hybridized carbons (Fsp3) is 0.273. The Kier molecular flexibility index (Phi) is 4.02. The molecule has 22 heavy (non-hydrogen) atoms. The second kappa shape index (κ2) is 5.50. The molecule has 1 N–H and O–H groups in total. The van der Waals surface area contributed by atoms with E-state index in [1.807, 2.05) is 0 Å². The number of hydrogen-bond acceptors (Lipinski definition) is 7. The van der Waals surface area contributed by atoms with Crippen molar-refractivity contribution in [2.75, 3.05) is 0 Å². The summed E-state index contributed by atoms with van der Waals surface area (Å²) in [6.45, 7) is 1.62. The fourth-order valence-electron chi connectivity index (χ4n) is 1.71. The van der Waals surface area contributed by atoms with Crippen molar-refractivity contribution >= 4 is 27.3 Å². The highest BCUT2D eigenvalue weighted by Gasteiger charge is 2.25. The molecular weight excluding hydrogens is 332 g/mol. The van der Waals surface area contributed by atoms with Gasteiger partial charge in [0, 0.05) is 25.2 Å². The number of aryl methyl sites for hydroxylation is 2. The lowest BCUT2D eigenvalue weighted by molar-refractivity contribution is 0.0976. The zero-order valence-corrected chi connectivity index (χ0v) is 13.5. The van der Waals surface area contributed by atoms with Crippen molar-refractivity contribution < 1.29 is 13.2 Å². The van der Waals surface area contributed by atoms with E-state index in [4.69, 9.17) is 0 Å². The standard InChI is InChI=1S/C11H12N4O5S2/c1-6-8(12-5-21-6)9(16)13-22(19,20)7-4-14(2)11(18)15(3)10(7)17/h4-5H,1-3H3,(H,13,16). The van der Waals surface area contributed by atoms with E-state index in [2.05, 4.69) is 4.98 Å². The third-order valence-corrected chi connectivity index (χ3v) is 4.96. The Bertz CT molecular complexity index is 967. The maximum absolute atomic E-state index is 12.2. The molecule has 0 radical (unpaired) electrons. The Labute approximate surface area is 128 Å². The number of carbonyl (C=O) groups is 1. The number of nitrogens with one attached hydrogen (secondary N) is 1. The molecule has 0 saturated carbocycles. The van der Waals surface area contributed by atoms with E-state index >= 15 is 0 Å². The Hall–Kier alpha value is -2.27. The van der Waals surface area contributed by atoms with Gasteiger partial charge in [-0.3, -0.25) is 14.2 Å². The molecule has 0 unspecified atom stereocenters. The molecule has 9 nitrogen and oxygen atoms in total. The van der Waals surface area contributed by atoms with Gasteiger partial charge >= 0.3 is 5.69 Å². The van der Waals surface area contributed by atoms with Gasteiger partial charge in [-0.2, -0.15) is 0 Å². The highest BCUT2D eigenvalue weighted by molar-refractivity contribution is 7.90. The van der Waals surface area contributed by atoms with Gasteiger partial charge in [-0.15, -0.1) is 11.3 Å². The molecule has 0 atom stereocenters. The molecule has 0 bridgehead atoms. The van der Waals surface area contributed by atoms with Crippen LogP contribution in [0.15, 0.2) is 26.2 Å². The van der Waals surface area contributed by atoms with Gasteiger partial charge in [-0.1, -0.05) is 0 Å². The molecule has 1 amide bonds. The summed E-state index contributed by atoms with van der Waals surface area (Å²) in [7, 11) is -1.98. The van der Waals surface area contributed by atoms with Crippen molar-refractivity contribution in [1.82, 2.24) is 18.8 Å². The fourth-order valence-corrected chi connectivity index (χ4v) is 3.40. The summed E-state index contributed by atoms with van der Waals surface area (Å²) in [5.41, 5.74) is -0.318. The molecule has 0 fully saturated rings. The van der Waals surface area contributed by atoms with E-state index in [1.165, 1.54) is 23.9 Å². The van der Waals surface area contributed by atoms with Gasteiger partial charge in [0.2, 0.25) is 0 Å². The maximum Gasteiger partial charge on any atom is 0.330 e. The van der Waals surface area contributed by atoms with Crippen molar-refractivity contribution in [3.8, 4) is 0 Å². The van der Waals surface area contributed by atoms with Gasteiger partial charge in [0.15, 0.2) is 4.90 Å². The van der Waals surface area contributed by atoms with Crippen molar-refractivity contribution in [2.45, 2.75) is 11.8 Å². The van der Waals surface area contributed by atoms with E-state index < -0.39 is 32.1 Å². The Morgan fingerprint density at radius 1 is 1.32 bits per heavy atom. The summed E-state index contributed by atoms with van der Waals surface area (Å²) in [6.07, 6.45) is 0.869. The van der Waals surface area contributed by atoms with Crippen LogP contribution < -0.4 is 16.0 Å². The number of aromatic nitrogens is 3. The third kappa shape index (κ3) is 2.72. The highest BCUT2D eigenvalue weighted by Crippen LogP contribution is 2.12. The first kappa shape index (κ1) is 16.1. The van der Waals surface area contributed by atoms with Crippen molar-refractivity contribution in [3.63, 3.8) is 0 Å². The zero-order chi connectivity index (χ0) is 16.7. The van der Waals surface area contributed by atoms with Crippen molar-refractivity contribution in [3.05, 3.63) is 43.1 Å². The Morgan fingerprint density at radius 2 is 1.95 bits per heavy atom. The monoisotopic (exact) mass is 344 g/mol. The predicted molar refractivity (Wildman–Crippen MR) is 78.4 cm³/mol. The number of sulfonamides is 1. The molecule has 0 aliphatic heterocycles. The molecule has 0 aromatic carbocycles. The van der Waals surface area contributed by atoms with Crippen LogP contribution in [0.4, 0.5) is 0 Å². The van der Waals surface area contributed by atoms with E-state index in [9.17, 15) is 22.8 Å². The Morgan fingerprint density at radius 3 is 2.50 bits per heavy atom. The predicted octanol–water partition coefficient (Wildman–Crippen LogP) is -1.03. The third-order valence-electron chi connectivity index (χ3n) is 2.89. The first-order chi connectivity index (χ1) is 10.1. The van der Waals surface area contributed by atoms with Crippen LogP contribution in [0.1, 0.15) is 15.4 Å². The second-order valence-corrected chi connectivity index (χ2v) is 7.15. The van der Waals surface area contributed by atoms with Crippen LogP contribution in [0, 0.1) is 6.92 Å². The lowest BCUT2D eigenvalue weighted by Crippen LogP contribution is -2.42. The lowest BCUT2D eigenvalue weighted by Gasteiger charge is -2.08. The quantitative estimate of drug-likeness (QED) is 0.760. The average molecular weight is 344 g/mol. The summed E-state index contributed by atoms with van der Waals surface area (Å²) in [4.78, 5) is 39.0. The molecule has 2 aromatic heterocycles. The molecule has 0 spiro atoms. The van der Waals surface area contributed by atoms with Gasteiger partial charge in [0.05, 0.1) is 5.51 Å². The van der Waals surface area contributed by atoms with E-state index in [1.54, 1.807) is 11.6 Å². The minimum atomic E-state index is -4.42. The van der Waals surface area contributed by atoms with E-state index in [0.717, 1.165) is 17.8 Å². The number of rotatable bonds is 3. The average Bonchev–Trinajstić information content (AvgIpc) is 2.86. The summed E-state index contributed by atoms with van der Waals surface area (Å²) >= 11 is 1.19. The van der Waals surface area contributed by atoms with E-state index in [-0.39, 0.29) is 5.69 Å². The van der Waals surface area contributed by atoms with Crippen molar-refractivity contribution in [1.29, 1.82) is 0 Å². The molecule has 2 heterocycles. The van der Waals surface area contributed by atoms with Crippen LogP contribution in [-0.4, -0.2) is 28.4 Å². The maximum atomic E-state index is 12.2. The van der Waals surface area contributed by atoms with Gasteiger partial charge in [-0.05, 0) is 6.92 Å². The van der Waals surface area contributed by atoms with Crippen LogP contribution in [0.3, 0.4) is 0 Å². The summed E-state index contributed by atoms with van der Waals surface area (Å²) < 4.78 is 27.8. The summed E-state index contributed by atoms with van der Waals surface area (Å²) in [6, 6.07) is 0. The summed E-state index contributed by atoms with van der Waals surface area (Å²) in [5.74, 6) is -0.936. The Balaban J connectivity index is 2.49. The smallest absolute Gasteiger partial charge is 0.302 e. The minimum absolute atomic E-state index is 0.0322. The second-order valence-electron chi connectivity index (χ2n) is 4.44. The molecular formula is C11H12N4O5S2. The van der Waals surface area contributed by atoms with Crippen LogP contribution in [-0.2, 0) is 24.1 Å². The molecule has 0 aliphatic carbocycles. The first-order valence-corrected chi connectivity index (χ1v) is 8.25. The molecule has 118 valence electrons. The van der Waals surface area contributed by atoms with Gasteiger partial charge in [-0.25, -0.2) is 22.9 Å². The summed E-state index contributed by atoms with van der Waals surface area (Å²) in [5, 5.41) is 0. The van der Waals surface area contributed by atoms with Crippen LogP contribution >= 0.6 is 11.3 Å². The largest absolute Gasteiger partial charge is 0.330 e. The molecule has 11 heteroatoms. The van der Waals surface area contributed by atoms with Crippen LogP contribution in [0.25, 0.3) is 0 Å². The van der Waals surface area contributed by atoms with Gasteiger partial charge in [0.1, 0.15) is 5.69 Å². The topological polar surface area (TPSA) is 120 Å². The van der Waals surface area contributed by atoms with E-state index in [0.29, 0.717) is 9.44 Å². The highest BCUT2D eigenvalue weighted by atomic mass is 32.2. The molecule has 2 rings (SSSR count). The van der Waals surface area contributed by atoms with Crippen LogP contribution in [0.2, 0.25) is 0 Å². The lowest BCUT2D eigenvalue weighted by atomic mass is 10.4. The molecule has 0 aliphatic rings. The number of carbonyl (C=O) groups excluding carboxylic acids is 1. The van der Waals surface area contributed by atoms with Crippen molar-refractivity contribution in [2.24, 2.45) is 14.1 Å². The minimum Gasteiger partial charge on any atom is -0.302 e. The SMILES string of the molecule is Cc1scnc1C(=O)NS(=O)(=O)c1cn(C)c(=O)n(C)c1=O. The number of hydrogen-bond donors (Lipinski definition) is 1. The normalized spacial score (nSPS) is 11.4. The number of nitrogens with zero attached hydrogens (tertiary/aromatic N) is 3. The number of amides is 1. The first-order valence-electron chi connectivity index (χ1n) is 5.89. The van der Waals surface area contributed by atoms with Gasteiger partial charge < -0.3 is 4.57 Å². The van der Waals surface area contributed by atoms with Gasteiger partial charge in [0.25, 0.3) is 21.5 Å². The van der Waals surface area contributed by atoms with Crippen LogP contribution in [0.5, 0.6) is 0 Å². The molecule has 2 aromatic rings. The molecule has 0 saturated heterocycles.